The van der Waals surface area contributed by atoms with Gasteiger partial charge in [-0.3, -0.25) is 9.59 Å². The maximum Gasteiger partial charge on any atom is 0.307 e. The first kappa shape index (κ1) is 14.2. The van der Waals surface area contributed by atoms with Crippen molar-refractivity contribution in [2.24, 2.45) is 0 Å². The molecule has 1 amide bonds. The molecule has 0 saturated heterocycles. The molecular formula is C13H17NO4. The average molecular weight is 251 g/mol. The summed E-state index contributed by atoms with van der Waals surface area (Å²) >= 11 is 0. The van der Waals surface area contributed by atoms with E-state index in [2.05, 4.69) is 5.32 Å². The highest BCUT2D eigenvalue weighted by molar-refractivity contribution is 5.92. The Hall–Kier alpha value is -1.88. The van der Waals surface area contributed by atoms with Gasteiger partial charge in [-0.1, -0.05) is 18.2 Å². The Morgan fingerprint density at radius 2 is 2.06 bits per heavy atom. The molecule has 0 aliphatic heterocycles. The second kappa shape index (κ2) is 7.45. The van der Waals surface area contributed by atoms with Crippen LogP contribution in [0.4, 0.5) is 5.69 Å². The van der Waals surface area contributed by atoms with Crippen LogP contribution >= 0.6 is 0 Å². The number of hydrogen-bond acceptors (Lipinski definition) is 3. The molecule has 0 aromatic heterocycles. The Labute approximate surface area is 106 Å². The Morgan fingerprint density at radius 1 is 1.33 bits per heavy atom. The zero-order valence-corrected chi connectivity index (χ0v) is 10.3. The third-order valence-corrected chi connectivity index (χ3v) is 2.31. The van der Waals surface area contributed by atoms with Crippen molar-refractivity contribution in [1.29, 1.82) is 0 Å². The molecule has 5 nitrogen and oxygen atoms in total. The summed E-state index contributed by atoms with van der Waals surface area (Å²) in [5, 5.41) is 11.5. The molecule has 0 aliphatic carbocycles. The molecule has 5 heteroatoms. The van der Waals surface area contributed by atoms with E-state index in [0.717, 1.165) is 0 Å². The van der Waals surface area contributed by atoms with Crippen molar-refractivity contribution < 1.29 is 19.4 Å². The van der Waals surface area contributed by atoms with Crippen molar-refractivity contribution in [1.82, 2.24) is 0 Å². The van der Waals surface area contributed by atoms with Crippen LogP contribution in [-0.4, -0.2) is 30.2 Å². The summed E-state index contributed by atoms with van der Waals surface area (Å²) in [6.07, 6.45) is 0.150. The minimum atomic E-state index is -0.925. The van der Waals surface area contributed by atoms with Gasteiger partial charge in [-0.2, -0.15) is 0 Å². The molecule has 0 heterocycles. The number of carboxylic acids is 1. The Morgan fingerprint density at radius 3 is 2.72 bits per heavy atom. The van der Waals surface area contributed by atoms with Gasteiger partial charge in [-0.25, -0.2) is 0 Å². The largest absolute Gasteiger partial charge is 0.481 e. The summed E-state index contributed by atoms with van der Waals surface area (Å²) < 4.78 is 5.08. The molecule has 0 saturated carbocycles. The number of benzene rings is 1. The lowest BCUT2D eigenvalue weighted by Crippen LogP contribution is -2.16. The lowest BCUT2D eigenvalue weighted by molar-refractivity contribution is -0.136. The molecule has 1 aromatic rings. The highest BCUT2D eigenvalue weighted by Crippen LogP contribution is 2.15. The number of ether oxygens (including phenoxy) is 1. The predicted octanol–water partition coefficient (Wildman–Crippen LogP) is 1.68. The van der Waals surface area contributed by atoms with Crippen molar-refractivity contribution in [3.63, 3.8) is 0 Å². The minimum Gasteiger partial charge on any atom is -0.481 e. The molecule has 0 atom stereocenters. The van der Waals surface area contributed by atoms with E-state index < -0.39 is 5.97 Å². The number of carboxylic acid groups (broad SMARTS) is 1. The normalized spacial score (nSPS) is 10.1. The number of carbonyl (C=O) groups excluding carboxylic acids is 1. The van der Waals surface area contributed by atoms with E-state index in [-0.39, 0.29) is 18.7 Å². The summed E-state index contributed by atoms with van der Waals surface area (Å²) in [6, 6.07) is 6.88. The molecule has 1 rings (SSSR count). The maximum absolute atomic E-state index is 11.6. The minimum absolute atomic E-state index is 0.109. The SMILES string of the molecule is CCOCCC(=O)Nc1ccccc1CC(=O)O. The molecule has 18 heavy (non-hydrogen) atoms. The Balaban J connectivity index is 2.60. The van der Waals surface area contributed by atoms with Gasteiger partial charge < -0.3 is 15.2 Å². The fourth-order valence-corrected chi connectivity index (χ4v) is 1.48. The zero-order chi connectivity index (χ0) is 13.4. The van der Waals surface area contributed by atoms with E-state index in [1.54, 1.807) is 24.3 Å². The maximum atomic E-state index is 11.6. The molecule has 98 valence electrons. The Bertz CT molecular complexity index is 417. The average Bonchev–Trinajstić information content (AvgIpc) is 2.31. The van der Waals surface area contributed by atoms with Gasteiger partial charge in [0.15, 0.2) is 0 Å². The van der Waals surface area contributed by atoms with Gasteiger partial charge >= 0.3 is 5.97 Å². The molecule has 1 aromatic carbocycles. The van der Waals surface area contributed by atoms with Crippen LogP contribution in [0, 0.1) is 0 Å². The number of anilines is 1. The second-order valence-corrected chi connectivity index (χ2v) is 3.72. The number of para-hydroxylation sites is 1. The van der Waals surface area contributed by atoms with Crippen LogP contribution in [0.1, 0.15) is 18.9 Å². The van der Waals surface area contributed by atoms with E-state index in [9.17, 15) is 9.59 Å². The van der Waals surface area contributed by atoms with Crippen LogP contribution in [0.25, 0.3) is 0 Å². The summed E-state index contributed by atoms with van der Waals surface area (Å²) in [7, 11) is 0. The van der Waals surface area contributed by atoms with E-state index in [4.69, 9.17) is 9.84 Å². The standard InChI is InChI=1S/C13H17NO4/c1-2-18-8-7-12(15)14-11-6-4-3-5-10(11)9-13(16)17/h3-6H,2,7-9H2,1H3,(H,14,15)(H,16,17). The second-order valence-electron chi connectivity index (χ2n) is 3.72. The number of aliphatic carboxylic acids is 1. The van der Waals surface area contributed by atoms with Gasteiger partial charge in [-0.15, -0.1) is 0 Å². The van der Waals surface area contributed by atoms with Gasteiger partial charge in [0.25, 0.3) is 0 Å². The van der Waals surface area contributed by atoms with Crippen LogP contribution in [-0.2, 0) is 20.7 Å². The number of hydrogen-bond donors (Lipinski definition) is 2. The number of rotatable bonds is 7. The predicted molar refractivity (Wildman–Crippen MR) is 67.5 cm³/mol. The van der Waals surface area contributed by atoms with E-state index in [0.29, 0.717) is 24.5 Å². The summed E-state index contributed by atoms with van der Waals surface area (Å²) in [4.78, 5) is 22.3. The van der Waals surface area contributed by atoms with Crippen LogP contribution in [0.3, 0.4) is 0 Å². The van der Waals surface area contributed by atoms with E-state index in [1.165, 1.54) is 0 Å². The van der Waals surface area contributed by atoms with Crippen LogP contribution in [0.2, 0.25) is 0 Å². The smallest absolute Gasteiger partial charge is 0.307 e. The molecule has 0 bridgehead atoms. The Kier molecular flexibility index (Phi) is 5.87. The first-order valence-electron chi connectivity index (χ1n) is 5.80. The fourth-order valence-electron chi connectivity index (χ4n) is 1.48. The van der Waals surface area contributed by atoms with Crippen LogP contribution < -0.4 is 5.32 Å². The molecule has 0 aliphatic rings. The van der Waals surface area contributed by atoms with Crippen molar-refractivity contribution in [3.05, 3.63) is 29.8 Å². The highest BCUT2D eigenvalue weighted by Gasteiger charge is 2.08. The third kappa shape index (κ3) is 4.97. The van der Waals surface area contributed by atoms with Gasteiger partial charge in [-0.05, 0) is 18.6 Å². The highest BCUT2D eigenvalue weighted by atomic mass is 16.5. The van der Waals surface area contributed by atoms with Crippen LogP contribution in [0.5, 0.6) is 0 Å². The van der Waals surface area contributed by atoms with Gasteiger partial charge in [0.1, 0.15) is 0 Å². The summed E-state index contributed by atoms with van der Waals surface area (Å²) in [5.41, 5.74) is 1.14. The zero-order valence-electron chi connectivity index (χ0n) is 10.3. The van der Waals surface area contributed by atoms with Gasteiger partial charge in [0, 0.05) is 12.3 Å². The van der Waals surface area contributed by atoms with Crippen molar-refractivity contribution >= 4 is 17.6 Å². The lowest BCUT2D eigenvalue weighted by atomic mass is 10.1. The fraction of sp³-hybridized carbons (Fsp3) is 0.385. The van der Waals surface area contributed by atoms with E-state index >= 15 is 0 Å². The molecule has 2 N–H and O–H groups in total. The summed E-state index contributed by atoms with van der Waals surface area (Å²) in [6.45, 7) is 2.80. The third-order valence-electron chi connectivity index (χ3n) is 2.31. The lowest BCUT2D eigenvalue weighted by Gasteiger charge is -2.09. The van der Waals surface area contributed by atoms with Crippen molar-refractivity contribution in [3.8, 4) is 0 Å². The molecule has 0 unspecified atom stereocenters. The number of nitrogens with one attached hydrogen (secondary N) is 1. The first-order valence-corrected chi connectivity index (χ1v) is 5.80. The topological polar surface area (TPSA) is 75.6 Å². The van der Waals surface area contributed by atoms with Gasteiger partial charge in [0.05, 0.1) is 19.4 Å². The van der Waals surface area contributed by atoms with E-state index in [1.807, 2.05) is 6.92 Å². The quantitative estimate of drug-likeness (QED) is 0.723. The summed E-state index contributed by atoms with van der Waals surface area (Å²) in [5.74, 6) is -1.10. The molecule has 0 radical (unpaired) electrons. The van der Waals surface area contributed by atoms with Crippen molar-refractivity contribution in [2.75, 3.05) is 18.5 Å². The molecule has 0 fully saturated rings. The van der Waals surface area contributed by atoms with Gasteiger partial charge in [0.2, 0.25) is 5.91 Å². The molecule has 0 spiro atoms. The van der Waals surface area contributed by atoms with Crippen molar-refractivity contribution in [2.45, 2.75) is 19.8 Å². The number of carbonyl (C=O) groups is 2. The molecular weight excluding hydrogens is 234 g/mol. The monoisotopic (exact) mass is 251 g/mol. The van der Waals surface area contributed by atoms with Crippen LogP contribution in [0.15, 0.2) is 24.3 Å². The first-order chi connectivity index (χ1) is 8.63. The number of amides is 1.